The van der Waals surface area contributed by atoms with E-state index in [1.807, 2.05) is 55.5 Å². The van der Waals surface area contributed by atoms with Crippen LogP contribution < -0.4 is 9.64 Å². The maximum absolute atomic E-state index is 12.2. The number of nitrogens with zero attached hydrogens (tertiary/aromatic N) is 2. The number of hydrogen-bond donors (Lipinski definition) is 0. The topological polar surface area (TPSA) is 68.7 Å². The van der Waals surface area contributed by atoms with Crippen LogP contribution in [0.5, 0.6) is 5.75 Å². The van der Waals surface area contributed by atoms with Gasteiger partial charge in [-0.1, -0.05) is 37.3 Å². The van der Waals surface area contributed by atoms with E-state index in [4.69, 9.17) is 9.47 Å². The maximum atomic E-state index is 12.2. The predicted molar refractivity (Wildman–Crippen MR) is 122 cm³/mol. The number of aryl methyl sites for hydroxylation is 2. The average molecular weight is 439 g/mol. The van der Waals surface area contributed by atoms with E-state index in [9.17, 15) is 9.59 Å². The molecule has 3 aromatic rings. The summed E-state index contributed by atoms with van der Waals surface area (Å²) in [6, 6.07) is 15.5. The first-order valence-corrected chi connectivity index (χ1v) is 11.0. The van der Waals surface area contributed by atoms with Crippen molar-refractivity contribution in [2.24, 2.45) is 0 Å². The number of hydrogen-bond acceptors (Lipinski definition) is 6. The highest BCUT2D eigenvalue weighted by molar-refractivity contribution is 7.14. The van der Waals surface area contributed by atoms with Crippen LogP contribution >= 0.6 is 11.3 Å². The summed E-state index contributed by atoms with van der Waals surface area (Å²) in [6.07, 6.45) is 1.08. The molecule has 0 aliphatic heterocycles. The Kier molecular flexibility index (Phi) is 7.78. The molecule has 3 rings (SSSR count). The molecule has 0 atom stereocenters. The van der Waals surface area contributed by atoms with E-state index < -0.39 is 0 Å². The normalized spacial score (nSPS) is 10.5. The molecule has 2 aromatic carbocycles. The van der Waals surface area contributed by atoms with E-state index in [-0.39, 0.29) is 31.5 Å². The summed E-state index contributed by atoms with van der Waals surface area (Å²) in [5.41, 5.74) is 3.58. The van der Waals surface area contributed by atoms with E-state index in [0.29, 0.717) is 10.8 Å². The molecule has 1 aromatic heterocycles. The number of anilines is 2. The number of amides is 1. The van der Waals surface area contributed by atoms with Crippen LogP contribution in [0.2, 0.25) is 0 Å². The SMILES string of the molecule is CCc1ccc(N(C(C)=O)c2nc(COC(=O)CCOc3ccccc3C)cs2)cc1. The minimum atomic E-state index is -0.360. The first-order valence-electron chi connectivity index (χ1n) is 10.2. The fourth-order valence-electron chi connectivity index (χ4n) is 2.96. The van der Waals surface area contributed by atoms with Crippen LogP contribution in [-0.4, -0.2) is 23.5 Å². The average Bonchev–Trinajstić information content (AvgIpc) is 3.22. The lowest BCUT2D eigenvalue weighted by Crippen LogP contribution is -2.22. The van der Waals surface area contributed by atoms with Gasteiger partial charge in [-0.2, -0.15) is 0 Å². The maximum Gasteiger partial charge on any atom is 0.309 e. The number of rotatable bonds is 9. The molecule has 0 spiro atoms. The van der Waals surface area contributed by atoms with Crippen molar-refractivity contribution < 1.29 is 19.1 Å². The minimum Gasteiger partial charge on any atom is -0.493 e. The Morgan fingerprint density at radius 2 is 1.84 bits per heavy atom. The summed E-state index contributed by atoms with van der Waals surface area (Å²) < 4.78 is 10.9. The number of carbonyl (C=O) groups excluding carboxylic acids is 2. The Morgan fingerprint density at radius 3 is 2.52 bits per heavy atom. The second kappa shape index (κ2) is 10.7. The monoisotopic (exact) mass is 438 g/mol. The third-order valence-electron chi connectivity index (χ3n) is 4.69. The third-order valence-corrected chi connectivity index (χ3v) is 5.56. The zero-order chi connectivity index (χ0) is 22.2. The first kappa shape index (κ1) is 22.5. The van der Waals surface area contributed by atoms with Gasteiger partial charge < -0.3 is 9.47 Å². The van der Waals surface area contributed by atoms with E-state index in [1.165, 1.54) is 23.8 Å². The number of ether oxygens (including phenoxy) is 2. The molecule has 7 heteroatoms. The van der Waals surface area contributed by atoms with Crippen molar-refractivity contribution >= 4 is 34.0 Å². The molecule has 0 fully saturated rings. The Labute approximate surface area is 186 Å². The summed E-state index contributed by atoms with van der Waals surface area (Å²) in [5, 5.41) is 2.34. The van der Waals surface area contributed by atoms with Crippen molar-refractivity contribution in [1.82, 2.24) is 4.98 Å². The van der Waals surface area contributed by atoms with Crippen LogP contribution in [0.25, 0.3) is 0 Å². The molecule has 0 saturated carbocycles. The third kappa shape index (κ3) is 6.15. The van der Waals surface area contributed by atoms with Gasteiger partial charge in [-0.15, -0.1) is 11.3 Å². The second-order valence-electron chi connectivity index (χ2n) is 7.02. The van der Waals surface area contributed by atoms with Crippen molar-refractivity contribution in [2.45, 2.75) is 40.2 Å². The highest BCUT2D eigenvalue weighted by Gasteiger charge is 2.18. The van der Waals surface area contributed by atoms with E-state index in [1.54, 1.807) is 10.3 Å². The van der Waals surface area contributed by atoms with Crippen LogP contribution in [0.3, 0.4) is 0 Å². The number of thiazole rings is 1. The summed E-state index contributed by atoms with van der Waals surface area (Å²) in [7, 11) is 0. The van der Waals surface area contributed by atoms with Crippen molar-refractivity contribution in [3.8, 4) is 5.75 Å². The van der Waals surface area contributed by atoms with Crippen LogP contribution in [-0.2, 0) is 27.4 Å². The molecular weight excluding hydrogens is 412 g/mol. The van der Waals surface area contributed by atoms with Gasteiger partial charge in [0.05, 0.1) is 24.4 Å². The predicted octanol–water partition coefficient (Wildman–Crippen LogP) is 5.21. The molecular formula is C24H26N2O4S. The van der Waals surface area contributed by atoms with Crippen molar-refractivity contribution in [3.05, 3.63) is 70.7 Å². The summed E-state index contributed by atoms with van der Waals surface area (Å²) in [4.78, 5) is 30.3. The fourth-order valence-corrected chi connectivity index (χ4v) is 3.83. The van der Waals surface area contributed by atoms with Crippen LogP contribution in [0.4, 0.5) is 10.8 Å². The van der Waals surface area contributed by atoms with Gasteiger partial charge in [-0.3, -0.25) is 14.5 Å². The van der Waals surface area contributed by atoms with Gasteiger partial charge in [0.1, 0.15) is 12.4 Å². The Bertz CT molecular complexity index is 1030. The largest absolute Gasteiger partial charge is 0.493 e. The van der Waals surface area contributed by atoms with Crippen LogP contribution in [0.1, 0.15) is 37.1 Å². The second-order valence-corrected chi connectivity index (χ2v) is 7.86. The van der Waals surface area contributed by atoms with E-state index >= 15 is 0 Å². The highest BCUT2D eigenvalue weighted by Crippen LogP contribution is 2.29. The lowest BCUT2D eigenvalue weighted by molar-refractivity contribution is -0.145. The van der Waals surface area contributed by atoms with Crippen LogP contribution in [0, 0.1) is 6.92 Å². The lowest BCUT2D eigenvalue weighted by Gasteiger charge is -2.18. The minimum absolute atomic E-state index is 0.0558. The highest BCUT2D eigenvalue weighted by atomic mass is 32.1. The first-order chi connectivity index (χ1) is 15.0. The summed E-state index contributed by atoms with van der Waals surface area (Å²) in [5.74, 6) is 0.271. The van der Waals surface area contributed by atoms with Gasteiger partial charge in [0.25, 0.3) is 0 Å². The number of esters is 1. The van der Waals surface area contributed by atoms with Gasteiger partial charge in [0.15, 0.2) is 5.13 Å². The smallest absolute Gasteiger partial charge is 0.309 e. The Morgan fingerprint density at radius 1 is 1.10 bits per heavy atom. The Balaban J connectivity index is 1.53. The van der Waals surface area contributed by atoms with E-state index in [0.717, 1.165) is 23.4 Å². The molecule has 0 aliphatic rings. The number of aromatic nitrogens is 1. The molecule has 162 valence electrons. The molecule has 0 bridgehead atoms. The molecule has 0 N–H and O–H groups in total. The molecule has 0 radical (unpaired) electrons. The van der Waals surface area contributed by atoms with Gasteiger partial charge in [0.2, 0.25) is 5.91 Å². The molecule has 1 heterocycles. The lowest BCUT2D eigenvalue weighted by atomic mass is 10.1. The zero-order valence-electron chi connectivity index (χ0n) is 18.0. The standard InChI is InChI=1S/C24H26N2O4S/c1-4-19-9-11-21(12-10-19)26(18(3)27)24-25-20(16-31-24)15-30-23(28)13-14-29-22-8-6-5-7-17(22)2/h5-12,16H,4,13-15H2,1-3H3. The fraction of sp³-hybridized carbons (Fsp3) is 0.292. The molecule has 6 nitrogen and oxygen atoms in total. The van der Waals surface area contributed by atoms with Gasteiger partial charge >= 0.3 is 5.97 Å². The summed E-state index contributed by atoms with van der Waals surface area (Å²) in [6.45, 7) is 5.85. The molecule has 31 heavy (non-hydrogen) atoms. The quantitative estimate of drug-likeness (QED) is 0.429. The number of para-hydroxylation sites is 1. The van der Waals surface area contributed by atoms with Crippen LogP contribution in [0.15, 0.2) is 53.9 Å². The number of benzene rings is 2. The van der Waals surface area contributed by atoms with Gasteiger partial charge in [0, 0.05) is 12.3 Å². The molecule has 0 aliphatic carbocycles. The zero-order valence-corrected chi connectivity index (χ0v) is 18.8. The molecule has 1 amide bonds. The molecule has 0 saturated heterocycles. The molecule has 0 unspecified atom stereocenters. The Hall–Kier alpha value is -3.19. The van der Waals surface area contributed by atoms with E-state index in [2.05, 4.69) is 11.9 Å². The van der Waals surface area contributed by atoms with Gasteiger partial charge in [-0.05, 0) is 42.7 Å². The van der Waals surface area contributed by atoms with Crippen molar-refractivity contribution in [1.29, 1.82) is 0 Å². The number of carbonyl (C=O) groups is 2. The van der Waals surface area contributed by atoms with Crippen molar-refractivity contribution in [2.75, 3.05) is 11.5 Å². The van der Waals surface area contributed by atoms with Crippen molar-refractivity contribution in [3.63, 3.8) is 0 Å². The summed E-state index contributed by atoms with van der Waals surface area (Å²) >= 11 is 1.34. The van der Waals surface area contributed by atoms with Gasteiger partial charge in [-0.25, -0.2) is 4.98 Å².